The predicted octanol–water partition coefficient (Wildman–Crippen LogP) is 2.12. The summed E-state index contributed by atoms with van der Waals surface area (Å²) in [7, 11) is 1.16. The molecular formula is C17H11ClF2N4O3. The standard InChI is InChI=1S/C17H11ClF2N4O3/c1-23-16(26)14(15(25)21-13-8-10(19)4-7-12(13)20)22-24(17(23)27)11-5-2-9(18)3-6-11/h2-8H,1H3,(H,21,25). The molecule has 0 fully saturated rings. The van der Waals surface area contributed by atoms with Crippen molar-refractivity contribution in [3.05, 3.63) is 85.7 Å². The predicted molar refractivity (Wildman–Crippen MR) is 94.4 cm³/mol. The first-order valence-corrected chi connectivity index (χ1v) is 7.88. The van der Waals surface area contributed by atoms with Crippen molar-refractivity contribution in [1.29, 1.82) is 0 Å². The van der Waals surface area contributed by atoms with E-state index in [1.54, 1.807) is 0 Å². The number of benzene rings is 2. The fourth-order valence-electron chi connectivity index (χ4n) is 2.24. The summed E-state index contributed by atoms with van der Waals surface area (Å²) in [5.41, 5.74) is -2.66. The van der Waals surface area contributed by atoms with Crippen molar-refractivity contribution in [2.75, 3.05) is 5.32 Å². The molecular weight excluding hydrogens is 382 g/mol. The molecule has 0 unspecified atom stereocenters. The number of nitrogens with one attached hydrogen (secondary N) is 1. The second-order valence-corrected chi connectivity index (χ2v) is 5.90. The van der Waals surface area contributed by atoms with E-state index in [-0.39, 0.29) is 5.69 Å². The summed E-state index contributed by atoms with van der Waals surface area (Å²) in [6.45, 7) is 0. The van der Waals surface area contributed by atoms with Gasteiger partial charge in [0.1, 0.15) is 11.6 Å². The Bertz CT molecular complexity index is 1160. The van der Waals surface area contributed by atoms with Crippen molar-refractivity contribution in [2.45, 2.75) is 0 Å². The number of nitrogens with zero attached hydrogens (tertiary/aromatic N) is 3. The molecule has 0 saturated heterocycles. The highest BCUT2D eigenvalue weighted by Crippen LogP contribution is 2.16. The van der Waals surface area contributed by atoms with E-state index in [0.29, 0.717) is 9.59 Å². The van der Waals surface area contributed by atoms with Crippen LogP contribution in [0.2, 0.25) is 5.02 Å². The summed E-state index contributed by atoms with van der Waals surface area (Å²) in [6, 6.07) is 8.39. The molecule has 1 N–H and O–H groups in total. The van der Waals surface area contributed by atoms with E-state index < -0.39 is 40.2 Å². The zero-order valence-electron chi connectivity index (χ0n) is 13.7. The molecule has 0 saturated carbocycles. The molecule has 0 spiro atoms. The molecule has 2 aromatic carbocycles. The van der Waals surface area contributed by atoms with Crippen LogP contribution in [0.4, 0.5) is 14.5 Å². The minimum atomic E-state index is -1.09. The lowest BCUT2D eigenvalue weighted by molar-refractivity contribution is 0.101. The highest BCUT2D eigenvalue weighted by molar-refractivity contribution is 6.30. The molecule has 1 aromatic heterocycles. The van der Waals surface area contributed by atoms with E-state index in [1.165, 1.54) is 24.3 Å². The third-order valence-electron chi connectivity index (χ3n) is 3.64. The molecule has 0 atom stereocenters. The molecule has 0 aliphatic rings. The molecule has 3 rings (SSSR count). The Balaban J connectivity index is 2.08. The minimum absolute atomic E-state index is 0.256. The van der Waals surface area contributed by atoms with Crippen LogP contribution >= 0.6 is 11.6 Å². The van der Waals surface area contributed by atoms with Crippen LogP contribution in [0.25, 0.3) is 5.69 Å². The summed E-state index contributed by atoms with van der Waals surface area (Å²) in [5, 5.41) is 6.27. The van der Waals surface area contributed by atoms with Gasteiger partial charge in [0.15, 0.2) is 0 Å². The highest BCUT2D eigenvalue weighted by atomic mass is 35.5. The van der Waals surface area contributed by atoms with Gasteiger partial charge in [0, 0.05) is 18.1 Å². The highest BCUT2D eigenvalue weighted by Gasteiger charge is 2.20. The number of rotatable bonds is 3. The van der Waals surface area contributed by atoms with E-state index in [0.717, 1.165) is 29.9 Å². The molecule has 3 aromatic rings. The Labute approximate surface area is 155 Å². The van der Waals surface area contributed by atoms with Gasteiger partial charge in [0.05, 0.1) is 11.4 Å². The summed E-state index contributed by atoms with van der Waals surface area (Å²) in [4.78, 5) is 36.9. The molecule has 1 heterocycles. The van der Waals surface area contributed by atoms with Crippen molar-refractivity contribution in [3.8, 4) is 5.69 Å². The fourth-order valence-corrected chi connectivity index (χ4v) is 2.37. The number of hydrogen-bond donors (Lipinski definition) is 1. The van der Waals surface area contributed by atoms with Gasteiger partial charge in [-0.3, -0.25) is 14.2 Å². The number of aromatic nitrogens is 3. The lowest BCUT2D eigenvalue weighted by atomic mass is 10.3. The molecule has 0 aliphatic heterocycles. The van der Waals surface area contributed by atoms with E-state index in [1.807, 2.05) is 0 Å². The van der Waals surface area contributed by atoms with Gasteiger partial charge in [-0.25, -0.2) is 13.6 Å². The topological polar surface area (TPSA) is 86.0 Å². The Morgan fingerprint density at radius 2 is 1.78 bits per heavy atom. The van der Waals surface area contributed by atoms with E-state index in [4.69, 9.17) is 11.6 Å². The summed E-state index contributed by atoms with van der Waals surface area (Å²) in [5.74, 6) is -2.77. The third kappa shape index (κ3) is 3.63. The molecule has 7 nitrogen and oxygen atoms in total. The number of amides is 1. The maximum Gasteiger partial charge on any atom is 0.351 e. The van der Waals surface area contributed by atoms with Gasteiger partial charge in [-0.2, -0.15) is 9.78 Å². The van der Waals surface area contributed by atoms with Crippen molar-refractivity contribution in [3.63, 3.8) is 0 Å². The van der Waals surface area contributed by atoms with Crippen molar-refractivity contribution < 1.29 is 13.6 Å². The van der Waals surface area contributed by atoms with Crippen LogP contribution in [0.3, 0.4) is 0 Å². The van der Waals surface area contributed by atoms with Crippen molar-refractivity contribution in [1.82, 2.24) is 14.3 Å². The smallest absolute Gasteiger partial charge is 0.318 e. The van der Waals surface area contributed by atoms with Gasteiger partial charge in [-0.1, -0.05) is 11.6 Å². The van der Waals surface area contributed by atoms with Gasteiger partial charge in [-0.05, 0) is 36.4 Å². The summed E-state index contributed by atoms with van der Waals surface area (Å²) >= 11 is 5.80. The first-order valence-electron chi connectivity index (χ1n) is 7.50. The van der Waals surface area contributed by atoms with Crippen LogP contribution in [-0.2, 0) is 7.05 Å². The molecule has 0 aliphatic carbocycles. The minimum Gasteiger partial charge on any atom is -0.318 e. The van der Waals surface area contributed by atoms with Crippen LogP contribution in [0.15, 0.2) is 52.1 Å². The Morgan fingerprint density at radius 3 is 2.44 bits per heavy atom. The van der Waals surface area contributed by atoms with Crippen LogP contribution < -0.4 is 16.6 Å². The first kappa shape index (κ1) is 18.5. The zero-order chi connectivity index (χ0) is 19.7. The average Bonchev–Trinajstić information content (AvgIpc) is 2.64. The van der Waals surface area contributed by atoms with Crippen molar-refractivity contribution in [2.24, 2.45) is 7.05 Å². The molecule has 1 amide bonds. The van der Waals surface area contributed by atoms with E-state index in [2.05, 4.69) is 10.4 Å². The van der Waals surface area contributed by atoms with Gasteiger partial charge in [-0.15, -0.1) is 0 Å². The summed E-state index contributed by atoms with van der Waals surface area (Å²) in [6.07, 6.45) is 0. The Kier molecular flexibility index (Phi) is 4.87. The third-order valence-corrected chi connectivity index (χ3v) is 3.89. The lowest BCUT2D eigenvalue weighted by Gasteiger charge is -2.10. The van der Waals surface area contributed by atoms with Crippen molar-refractivity contribution >= 4 is 23.2 Å². The number of carbonyl (C=O) groups is 1. The molecule has 27 heavy (non-hydrogen) atoms. The van der Waals surface area contributed by atoms with E-state index >= 15 is 0 Å². The summed E-state index contributed by atoms with van der Waals surface area (Å²) < 4.78 is 28.5. The zero-order valence-corrected chi connectivity index (χ0v) is 14.5. The Hall–Kier alpha value is -3.33. The average molecular weight is 393 g/mol. The number of halogens is 3. The van der Waals surface area contributed by atoms with Gasteiger partial charge < -0.3 is 5.32 Å². The Morgan fingerprint density at radius 1 is 1.11 bits per heavy atom. The van der Waals surface area contributed by atoms with Gasteiger partial charge in [0.2, 0.25) is 5.69 Å². The van der Waals surface area contributed by atoms with Gasteiger partial charge in [0.25, 0.3) is 11.5 Å². The lowest BCUT2D eigenvalue weighted by Crippen LogP contribution is -2.43. The fraction of sp³-hybridized carbons (Fsp3) is 0.0588. The monoisotopic (exact) mass is 392 g/mol. The van der Waals surface area contributed by atoms with Crippen LogP contribution in [0, 0.1) is 11.6 Å². The number of carbonyl (C=O) groups excluding carboxylic acids is 1. The first-order chi connectivity index (χ1) is 12.8. The van der Waals surface area contributed by atoms with Crippen LogP contribution in [-0.4, -0.2) is 20.3 Å². The maximum atomic E-state index is 13.7. The molecule has 10 heteroatoms. The second kappa shape index (κ2) is 7.12. The quantitative estimate of drug-likeness (QED) is 0.739. The largest absolute Gasteiger partial charge is 0.351 e. The SMILES string of the molecule is Cn1c(=O)c(C(=O)Nc2cc(F)ccc2F)nn(-c2ccc(Cl)cc2)c1=O. The molecule has 138 valence electrons. The number of anilines is 1. The van der Waals surface area contributed by atoms with E-state index in [9.17, 15) is 23.2 Å². The number of hydrogen-bond acceptors (Lipinski definition) is 4. The van der Waals surface area contributed by atoms with Crippen LogP contribution in [0.5, 0.6) is 0 Å². The molecule has 0 bridgehead atoms. The molecule has 0 radical (unpaired) electrons. The van der Waals surface area contributed by atoms with Gasteiger partial charge >= 0.3 is 5.69 Å². The normalized spacial score (nSPS) is 10.7. The van der Waals surface area contributed by atoms with Crippen LogP contribution in [0.1, 0.15) is 10.5 Å². The maximum absolute atomic E-state index is 13.7. The second-order valence-electron chi connectivity index (χ2n) is 5.46.